The van der Waals surface area contributed by atoms with Gasteiger partial charge in [-0.05, 0) is 32.1 Å². The van der Waals surface area contributed by atoms with Crippen LogP contribution in [-0.4, -0.2) is 29.1 Å². The monoisotopic (exact) mass is 254 g/mol. The van der Waals surface area contributed by atoms with Crippen LogP contribution < -0.4 is 5.32 Å². The standard InChI is InChI=1S/C15H30N2O/c1-6-8-9-12(5)17-14(10-11(3)4)16-13(7-2)15(17)18/h11-14,16H,6-10H2,1-5H3. The highest BCUT2D eigenvalue weighted by molar-refractivity contribution is 5.84. The molecular weight excluding hydrogens is 224 g/mol. The summed E-state index contributed by atoms with van der Waals surface area (Å²) in [6.07, 6.45) is 5.72. The molecule has 1 amide bonds. The fraction of sp³-hybridized carbons (Fsp3) is 0.933. The summed E-state index contributed by atoms with van der Waals surface area (Å²) in [5.41, 5.74) is 0. The Morgan fingerprint density at radius 3 is 2.44 bits per heavy atom. The number of carbonyl (C=O) groups is 1. The quantitative estimate of drug-likeness (QED) is 0.757. The second-order valence-electron chi connectivity index (χ2n) is 6.01. The van der Waals surface area contributed by atoms with Crippen molar-refractivity contribution in [1.29, 1.82) is 0 Å². The first-order valence-corrected chi connectivity index (χ1v) is 7.59. The van der Waals surface area contributed by atoms with Gasteiger partial charge in [-0.1, -0.05) is 40.5 Å². The van der Waals surface area contributed by atoms with Crippen molar-refractivity contribution in [3.63, 3.8) is 0 Å². The van der Waals surface area contributed by atoms with Gasteiger partial charge in [-0.2, -0.15) is 0 Å². The zero-order valence-electron chi connectivity index (χ0n) is 12.7. The van der Waals surface area contributed by atoms with Gasteiger partial charge >= 0.3 is 0 Å². The Morgan fingerprint density at radius 1 is 1.28 bits per heavy atom. The molecule has 0 bridgehead atoms. The van der Waals surface area contributed by atoms with Crippen LogP contribution in [0.15, 0.2) is 0 Å². The van der Waals surface area contributed by atoms with E-state index in [2.05, 4.69) is 44.8 Å². The summed E-state index contributed by atoms with van der Waals surface area (Å²) >= 11 is 0. The van der Waals surface area contributed by atoms with Crippen molar-refractivity contribution in [2.45, 2.75) is 85.0 Å². The lowest BCUT2D eigenvalue weighted by atomic mass is 10.1. The van der Waals surface area contributed by atoms with Gasteiger partial charge in [0.15, 0.2) is 0 Å². The van der Waals surface area contributed by atoms with Crippen LogP contribution in [0.5, 0.6) is 0 Å². The summed E-state index contributed by atoms with van der Waals surface area (Å²) in [6.45, 7) is 10.9. The molecule has 3 nitrogen and oxygen atoms in total. The minimum absolute atomic E-state index is 0.0397. The average Bonchev–Trinajstić information content (AvgIpc) is 2.61. The summed E-state index contributed by atoms with van der Waals surface area (Å²) in [4.78, 5) is 14.5. The highest BCUT2D eigenvalue weighted by Crippen LogP contribution is 2.23. The molecule has 0 aromatic rings. The molecule has 0 spiro atoms. The molecule has 1 fully saturated rings. The molecule has 1 saturated heterocycles. The second kappa shape index (κ2) is 7.13. The zero-order valence-corrected chi connectivity index (χ0v) is 12.7. The molecule has 0 aliphatic carbocycles. The fourth-order valence-corrected chi connectivity index (χ4v) is 2.80. The van der Waals surface area contributed by atoms with Gasteiger partial charge in [0.05, 0.1) is 12.2 Å². The van der Waals surface area contributed by atoms with Gasteiger partial charge in [0.25, 0.3) is 0 Å². The number of nitrogens with one attached hydrogen (secondary N) is 1. The largest absolute Gasteiger partial charge is 0.323 e. The Hall–Kier alpha value is -0.570. The zero-order chi connectivity index (χ0) is 13.7. The fourth-order valence-electron chi connectivity index (χ4n) is 2.80. The number of unbranched alkanes of at least 4 members (excludes halogenated alkanes) is 1. The van der Waals surface area contributed by atoms with Crippen LogP contribution in [0, 0.1) is 5.92 Å². The van der Waals surface area contributed by atoms with Crippen LogP contribution in [0.2, 0.25) is 0 Å². The lowest BCUT2D eigenvalue weighted by Crippen LogP contribution is -2.44. The Labute approximate surface area is 112 Å². The normalized spacial score (nSPS) is 26.1. The first-order valence-electron chi connectivity index (χ1n) is 7.59. The van der Waals surface area contributed by atoms with E-state index < -0.39 is 0 Å². The van der Waals surface area contributed by atoms with Crippen molar-refractivity contribution in [2.24, 2.45) is 5.92 Å². The van der Waals surface area contributed by atoms with Gasteiger partial charge in [0.2, 0.25) is 5.91 Å². The number of nitrogens with zero attached hydrogens (tertiary/aromatic N) is 1. The van der Waals surface area contributed by atoms with Crippen LogP contribution in [0.3, 0.4) is 0 Å². The van der Waals surface area contributed by atoms with Crippen molar-refractivity contribution >= 4 is 5.91 Å². The summed E-state index contributed by atoms with van der Waals surface area (Å²) in [5.74, 6) is 0.929. The predicted molar refractivity (Wildman–Crippen MR) is 76.3 cm³/mol. The Balaban J connectivity index is 2.71. The van der Waals surface area contributed by atoms with E-state index in [0.29, 0.717) is 17.9 Å². The minimum atomic E-state index is 0.0397. The summed E-state index contributed by atoms with van der Waals surface area (Å²) in [7, 11) is 0. The molecule has 1 rings (SSSR count). The van der Waals surface area contributed by atoms with Crippen molar-refractivity contribution in [3.05, 3.63) is 0 Å². The second-order valence-corrected chi connectivity index (χ2v) is 6.01. The molecule has 1 heterocycles. The van der Waals surface area contributed by atoms with Crippen LogP contribution in [0.4, 0.5) is 0 Å². The van der Waals surface area contributed by atoms with Crippen LogP contribution in [0.25, 0.3) is 0 Å². The molecule has 106 valence electrons. The summed E-state index contributed by atoms with van der Waals surface area (Å²) in [5, 5.41) is 3.51. The lowest BCUT2D eigenvalue weighted by molar-refractivity contribution is -0.132. The van der Waals surface area contributed by atoms with E-state index in [4.69, 9.17) is 0 Å². The number of hydrogen-bond acceptors (Lipinski definition) is 2. The highest BCUT2D eigenvalue weighted by Gasteiger charge is 2.39. The Bertz CT molecular complexity index is 265. The molecule has 3 atom stereocenters. The third-order valence-electron chi connectivity index (χ3n) is 3.84. The number of amides is 1. The third kappa shape index (κ3) is 3.71. The summed E-state index contributed by atoms with van der Waals surface area (Å²) < 4.78 is 0. The maximum atomic E-state index is 12.4. The highest BCUT2D eigenvalue weighted by atomic mass is 16.2. The van der Waals surface area contributed by atoms with E-state index in [9.17, 15) is 4.79 Å². The summed E-state index contributed by atoms with van der Waals surface area (Å²) in [6, 6.07) is 0.406. The van der Waals surface area contributed by atoms with E-state index in [1.807, 2.05) is 0 Å². The first kappa shape index (κ1) is 15.5. The molecule has 1 N–H and O–H groups in total. The molecule has 0 radical (unpaired) electrons. The van der Waals surface area contributed by atoms with Crippen molar-refractivity contribution in [2.75, 3.05) is 0 Å². The predicted octanol–water partition coefficient (Wildman–Crippen LogP) is 3.15. The topological polar surface area (TPSA) is 32.3 Å². The van der Waals surface area contributed by atoms with Crippen LogP contribution >= 0.6 is 0 Å². The van der Waals surface area contributed by atoms with E-state index in [1.165, 1.54) is 12.8 Å². The lowest BCUT2D eigenvalue weighted by Gasteiger charge is -2.31. The molecule has 0 saturated carbocycles. The molecule has 0 aromatic heterocycles. The number of hydrogen-bond donors (Lipinski definition) is 1. The van der Waals surface area contributed by atoms with Gasteiger partial charge in [-0.25, -0.2) is 0 Å². The maximum Gasteiger partial charge on any atom is 0.241 e. The molecule has 1 aliphatic rings. The van der Waals surface area contributed by atoms with Gasteiger partial charge in [0, 0.05) is 6.04 Å². The SMILES string of the molecule is CCCCC(C)N1C(=O)C(CC)NC1CC(C)C. The molecule has 3 unspecified atom stereocenters. The van der Waals surface area contributed by atoms with Crippen LogP contribution in [-0.2, 0) is 4.79 Å². The van der Waals surface area contributed by atoms with Crippen molar-refractivity contribution in [3.8, 4) is 0 Å². The molecular formula is C15H30N2O. The minimum Gasteiger partial charge on any atom is -0.323 e. The molecule has 0 aromatic carbocycles. The smallest absolute Gasteiger partial charge is 0.241 e. The van der Waals surface area contributed by atoms with E-state index in [-0.39, 0.29) is 12.2 Å². The Morgan fingerprint density at radius 2 is 1.94 bits per heavy atom. The maximum absolute atomic E-state index is 12.4. The van der Waals surface area contributed by atoms with Crippen LogP contribution in [0.1, 0.15) is 66.7 Å². The number of carbonyl (C=O) groups excluding carboxylic acids is 1. The van der Waals surface area contributed by atoms with Gasteiger partial charge in [0.1, 0.15) is 0 Å². The van der Waals surface area contributed by atoms with Gasteiger partial charge in [-0.15, -0.1) is 0 Å². The Kier molecular flexibility index (Phi) is 6.13. The van der Waals surface area contributed by atoms with Gasteiger partial charge in [-0.3, -0.25) is 10.1 Å². The average molecular weight is 254 g/mol. The van der Waals surface area contributed by atoms with E-state index >= 15 is 0 Å². The van der Waals surface area contributed by atoms with Crippen molar-refractivity contribution in [1.82, 2.24) is 10.2 Å². The molecule has 1 aliphatic heterocycles. The van der Waals surface area contributed by atoms with E-state index in [1.54, 1.807) is 0 Å². The molecule has 3 heteroatoms. The van der Waals surface area contributed by atoms with Crippen molar-refractivity contribution < 1.29 is 4.79 Å². The third-order valence-corrected chi connectivity index (χ3v) is 3.84. The number of rotatable bonds is 7. The van der Waals surface area contributed by atoms with E-state index in [0.717, 1.165) is 19.3 Å². The first-order chi connectivity index (χ1) is 8.51. The molecule has 18 heavy (non-hydrogen) atoms. The van der Waals surface area contributed by atoms with Gasteiger partial charge < -0.3 is 4.90 Å².